The fourth-order valence-corrected chi connectivity index (χ4v) is 1.94. The lowest BCUT2D eigenvalue weighted by atomic mass is 9.91. The van der Waals surface area contributed by atoms with E-state index in [-0.39, 0.29) is 5.54 Å². The molecule has 1 saturated carbocycles. The van der Waals surface area contributed by atoms with Crippen molar-refractivity contribution in [2.75, 3.05) is 6.54 Å². The van der Waals surface area contributed by atoms with E-state index in [1.165, 1.54) is 12.8 Å². The molecule has 1 N–H and O–H groups in total. The quantitative estimate of drug-likeness (QED) is 0.690. The van der Waals surface area contributed by atoms with Crippen LogP contribution in [-0.4, -0.2) is 17.9 Å². The van der Waals surface area contributed by atoms with Crippen molar-refractivity contribution >= 4 is 5.78 Å². The van der Waals surface area contributed by atoms with Gasteiger partial charge in [-0.05, 0) is 45.1 Å². The number of rotatable bonds is 3. The number of nitrogens with one attached hydrogen (secondary N) is 1. The molecule has 0 aromatic carbocycles. The molecule has 2 fully saturated rings. The Bertz CT molecular complexity index is 190. The zero-order valence-electron chi connectivity index (χ0n) is 7.73. The molecule has 2 rings (SSSR count). The van der Waals surface area contributed by atoms with Crippen molar-refractivity contribution in [1.29, 1.82) is 0 Å². The number of carbonyl (C=O) groups excluding carboxylic acids is 1. The molecular formula is C10H17NO. The molecule has 0 bridgehead atoms. The van der Waals surface area contributed by atoms with Crippen molar-refractivity contribution in [2.24, 2.45) is 5.92 Å². The smallest absolute Gasteiger partial charge is 0.152 e. The Kier molecular flexibility index (Phi) is 1.95. The molecule has 2 heteroatoms. The number of hydrogen-bond donors (Lipinski definition) is 1. The highest BCUT2D eigenvalue weighted by atomic mass is 16.1. The predicted molar refractivity (Wildman–Crippen MR) is 48.0 cm³/mol. The monoisotopic (exact) mass is 167 g/mol. The van der Waals surface area contributed by atoms with Crippen LogP contribution in [0, 0.1) is 5.92 Å². The Morgan fingerprint density at radius 3 is 2.83 bits per heavy atom. The van der Waals surface area contributed by atoms with E-state index in [0.29, 0.717) is 5.78 Å². The maximum Gasteiger partial charge on any atom is 0.152 e. The molecule has 2 nitrogen and oxygen atoms in total. The third-order valence-electron chi connectivity index (χ3n) is 3.16. The third kappa shape index (κ3) is 1.53. The van der Waals surface area contributed by atoms with Gasteiger partial charge in [0.05, 0.1) is 5.54 Å². The summed E-state index contributed by atoms with van der Waals surface area (Å²) in [5.41, 5.74) is -0.164. The second kappa shape index (κ2) is 2.84. The lowest BCUT2D eigenvalue weighted by Crippen LogP contribution is -2.44. The summed E-state index contributed by atoms with van der Waals surface area (Å²) in [7, 11) is 0. The van der Waals surface area contributed by atoms with Crippen LogP contribution in [0.25, 0.3) is 0 Å². The fraction of sp³-hybridized carbons (Fsp3) is 0.900. The van der Waals surface area contributed by atoms with E-state index in [4.69, 9.17) is 0 Å². The Morgan fingerprint density at radius 2 is 2.33 bits per heavy atom. The summed E-state index contributed by atoms with van der Waals surface area (Å²) < 4.78 is 0. The zero-order chi connectivity index (χ0) is 8.60. The van der Waals surface area contributed by atoms with Crippen LogP contribution in [0.2, 0.25) is 0 Å². The van der Waals surface area contributed by atoms with E-state index in [2.05, 4.69) is 12.2 Å². The van der Waals surface area contributed by atoms with Crippen molar-refractivity contribution < 1.29 is 4.79 Å². The lowest BCUT2D eigenvalue weighted by Gasteiger charge is -2.22. The molecule has 1 aliphatic carbocycles. The minimum atomic E-state index is -0.164. The van der Waals surface area contributed by atoms with E-state index >= 15 is 0 Å². The number of Topliss-reactive ketones (excluding diaryl/α,β-unsaturated/α-hetero) is 1. The first-order chi connectivity index (χ1) is 5.71. The first-order valence-corrected chi connectivity index (χ1v) is 4.99. The van der Waals surface area contributed by atoms with E-state index in [1.54, 1.807) is 0 Å². The Balaban J connectivity index is 1.91. The van der Waals surface area contributed by atoms with Crippen LogP contribution >= 0.6 is 0 Å². The fourth-order valence-electron chi connectivity index (χ4n) is 1.94. The van der Waals surface area contributed by atoms with Crippen molar-refractivity contribution in [2.45, 2.75) is 44.6 Å². The van der Waals surface area contributed by atoms with E-state index in [9.17, 15) is 4.79 Å². The van der Waals surface area contributed by atoms with Gasteiger partial charge in [-0.2, -0.15) is 0 Å². The van der Waals surface area contributed by atoms with Gasteiger partial charge in [0.1, 0.15) is 0 Å². The van der Waals surface area contributed by atoms with Gasteiger partial charge in [0, 0.05) is 6.42 Å². The Morgan fingerprint density at radius 1 is 1.58 bits per heavy atom. The molecule has 0 amide bonds. The standard InChI is InChI=1S/C10H17NO/c1-10(5-2-6-11-10)9(12)7-8-3-4-8/h8,11H,2-7H2,1H3. The topological polar surface area (TPSA) is 29.1 Å². The third-order valence-corrected chi connectivity index (χ3v) is 3.16. The SMILES string of the molecule is CC1(C(=O)CC2CC2)CCCN1. The highest BCUT2D eigenvalue weighted by Crippen LogP contribution is 2.35. The van der Waals surface area contributed by atoms with Crippen LogP contribution < -0.4 is 5.32 Å². The maximum atomic E-state index is 11.8. The summed E-state index contributed by atoms with van der Waals surface area (Å²) in [6.07, 6.45) is 5.58. The highest BCUT2D eigenvalue weighted by molar-refractivity contribution is 5.88. The van der Waals surface area contributed by atoms with Gasteiger partial charge in [-0.1, -0.05) is 0 Å². The van der Waals surface area contributed by atoms with Gasteiger partial charge in [0.15, 0.2) is 5.78 Å². The van der Waals surface area contributed by atoms with Crippen LogP contribution in [-0.2, 0) is 4.79 Å². The van der Waals surface area contributed by atoms with Crippen LogP contribution in [0.15, 0.2) is 0 Å². The van der Waals surface area contributed by atoms with E-state index < -0.39 is 0 Å². The van der Waals surface area contributed by atoms with Gasteiger partial charge < -0.3 is 5.32 Å². The molecule has 1 heterocycles. The molecule has 68 valence electrons. The minimum absolute atomic E-state index is 0.164. The van der Waals surface area contributed by atoms with Gasteiger partial charge >= 0.3 is 0 Å². The maximum absolute atomic E-state index is 11.8. The number of ketones is 1. The van der Waals surface area contributed by atoms with Crippen LogP contribution in [0.3, 0.4) is 0 Å². The van der Waals surface area contributed by atoms with Crippen LogP contribution in [0.5, 0.6) is 0 Å². The Hall–Kier alpha value is -0.370. The summed E-state index contributed by atoms with van der Waals surface area (Å²) >= 11 is 0. The number of carbonyl (C=O) groups is 1. The van der Waals surface area contributed by atoms with Gasteiger partial charge in [-0.25, -0.2) is 0 Å². The summed E-state index contributed by atoms with van der Waals surface area (Å²) in [5, 5.41) is 3.32. The van der Waals surface area contributed by atoms with Crippen molar-refractivity contribution in [1.82, 2.24) is 5.32 Å². The summed E-state index contributed by atoms with van der Waals surface area (Å²) in [4.78, 5) is 11.8. The molecule has 1 aliphatic heterocycles. The summed E-state index contributed by atoms with van der Waals surface area (Å²) in [6.45, 7) is 3.08. The normalized spacial score (nSPS) is 35.4. The van der Waals surface area contributed by atoms with Crippen LogP contribution in [0.4, 0.5) is 0 Å². The average molecular weight is 167 g/mol. The van der Waals surface area contributed by atoms with Gasteiger partial charge in [0.25, 0.3) is 0 Å². The molecule has 0 spiro atoms. The molecule has 0 aromatic rings. The predicted octanol–water partition coefficient (Wildman–Crippen LogP) is 1.50. The molecule has 1 atom stereocenters. The molecule has 1 unspecified atom stereocenters. The van der Waals surface area contributed by atoms with Crippen LogP contribution in [0.1, 0.15) is 39.0 Å². The first-order valence-electron chi connectivity index (χ1n) is 4.99. The molecular weight excluding hydrogens is 150 g/mol. The minimum Gasteiger partial charge on any atom is -0.305 e. The molecule has 0 aromatic heterocycles. The van der Waals surface area contributed by atoms with Gasteiger partial charge in [-0.3, -0.25) is 4.79 Å². The van der Waals surface area contributed by atoms with E-state index in [0.717, 1.165) is 31.7 Å². The molecule has 1 saturated heterocycles. The van der Waals surface area contributed by atoms with Crippen molar-refractivity contribution in [3.8, 4) is 0 Å². The Labute approximate surface area is 73.7 Å². The largest absolute Gasteiger partial charge is 0.305 e. The molecule has 2 aliphatic rings. The summed E-state index contributed by atoms with van der Waals surface area (Å²) in [6, 6.07) is 0. The van der Waals surface area contributed by atoms with Gasteiger partial charge in [-0.15, -0.1) is 0 Å². The molecule has 0 radical (unpaired) electrons. The van der Waals surface area contributed by atoms with E-state index in [1.807, 2.05) is 0 Å². The van der Waals surface area contributed by atoms with Gasteiger partial charge in [0.2, 0.25) is 0 Å². The first kappa shape index (κ1) is 8.24. The summed E-state index contributed by atoms with van der Waals surface area (Å²) in [5.74, 6) is 1.18. The molecule has 12 heavy (non-hydrogen) atoms. The highest BCUT2D eigenvalue weighted by Gasteiger charge is 2.38. The second-order valence-corrected chi connectivity index (χ2v) is 4.43. The second-order valence-electron chi connectivity index (χ2n) is 4.43. The lowest BCUT2D eigenvalue weighted by molar-refractivity contribution is -0.124. The average Bonchev–Trinajstić information content (AvgIpc) is 2.73. The zero-order valence-corrected chi connectivity index (χ0v) is 7.73. The van der Waals surface area contributed by atoms with Crippen molar-refractivity contribution in [3.63, 3.8) is 0 Å². The van der Waals surface area contributed by atoms with Crippen molar-refractivity contribution in [3.05, 3.63) is 0 Å². The number of hydrogen-bond acceptors (Lipinski definition) is 2.